The Bertz CT molecular complexity index is 6410. The third-order valence-electron chi connectivity index (χ3n) is 22.6. The van der Waals surface area contributed by atoms with E-state index in [9.17, 15) is 33.9 Å². The van der Waals surface area contributed by atoms with Crippen molar-refractivity contribution in [3.63, 3.8) is 0 Å². The molecule has 0 spiro atoms. The van der Waals surface area contributed by atoms with Crippen molar-refractivity contribution in [3.05, 3.63) is 157 Å². The highest BCUT2D eigenvalue weighted by atomic mass is 32.1. The van der Waals surface area contributed by atoms with Gasteiger partial charge >= 0.3 is 0 Å². The minimum atomic E-state index is -0.212. The van der Waals surface area contributed by atoms with Crippen molar-refractivity contribution in [2.75, 3.05) is 208 Å². The van der Waals surface area contributed by atoms with Gasteiger partial charge in [0.2, 0.25) is 29.7 Å². The maximum Gasteiger partial charge on any atom is 0.279 e. The average Bonchev–Trinajstić information content (AvgIpc) is 1.63. The minimum Gasteiger partial charge on any atom is -0.495 e. The molecule has 12 aromatic rings. The van der Waals surface area contributed by atoms with E-state index in [1.807, 2.05) is 106 Å². The van der Waals surface area contributed by atoms with Gasteiger partial charge < -0.3 is 100 Å². The normalized spacial score (nSPS) is 15.0. The van der Waals surface area contributed by atoms with Crippen LogP contribution in [0.5, 0.6) is 17.2 Å². The van der Waals surface area contributed by atoms with E-state index in [-0.39, 0.29) is 42.0 Å². The number of methoxy groups -OCH3 is 3. The minimum absolute atomic E-state index is 0.0386. The molecule has 0 atom stereocenters. The van der Waals surface area contributed by atoms with Gasteiger partial charge in [-0.3, -0.25) is 33.7 Å². The largest absolute Gasteiger partial charge is 0.495 e. The molecule has 668 valence electrons. The molecule has 0 unspecified atom stereocenters. The second-order valence-corrected chi connectivity index (χ2v) is 35.7. The molecule has 7 aliphatic rings. The Kier molecular flexibility index (Phi) is 25.2. The highest BCUT2D eigenvalue weighted by Crippen LogP contribution is 2.48. The van der Waals surface area contributed by atoms with E-state index < -0.39 is 0 Å². The van der Waals surface area contributed by atoms with Crippen LogP contribution < -0.4 is 90.2 Å². The Morgan fingerprint density at radius 3 is 1.27 bits per heavy atom. The number of piperazine rings is 1. The van der Waals surface area contributed by atoms with Gasteiger partial charge in [0.15, 0.2) is 46.0 Å². The summed E-state index contributed by atoms with van der Waals surface area (Å²) in [7, 11) is 22.8. The number of benzene rings is 4. The van der Waals surface area contributed by atoms with Gasteiger partial charge in [-0.05, 0) is 125 Å². The van der Waals surface area contributed by atoms with Crippen LogP contribution in [0.15, 0.2) is 91.5 Å². The van der Waals surface area contributed by atoms with Crippen molar-refractivity contribution in [1.29, 1.82) is 0 Å². The number of hydrogen-bond acceptors (Lipinski definition) is 37. The number of hydrogen-bond donors (Lipinski definition) is 7. The zero-order chi connectivity index (χ0) is 91.2. The summed E-state index contributed by atoms with van der Waals surface area (Å²) in [6.45, 7) is 14.0. The molecule has 1 fully saturated rings. The van der Waals surface area contributed by atoms with Crippen molar-refractivity contribution >= 4 is 205 Å². The van der Waals surface area contributed by atoms with Gasteiger partial charge in [-0.25, -0.2) is 39.9 Å². The lowest BCUT2D eigenvalue weighted by molar-refractivity contribution is -0.116. The van der Waals surface area contributed by atoms with E-state index in [0.717, 1.165) is 125 Å². The molecule has 0 aliphatic carbocycles. The first kappa shape index (κ1) is 88.5. The standard InChI is InChI=1S/C24H30N8O3S.C22H25N7O2S.C20H21N7O3S.C20H19N7O2S/c1-15-26-20-22(34)29(2)18-14-25-24(28-21(18)30(3)23(20)36-15)27-17-6-5-16(13-19(17)35-4)32-9-7-31(8-10-32)11-12-33;1-12-24-18-20(30)28(3)16-10-23-22(26-19(16)29(4)21(18)32-12)25-15-8-14-11-27(2)7-6-13(14)9-17(15)31-5;1-10-23-15-18(29)26(3)13-9-22-20(25-16(13)27(4)19(15)31-10)24-12-7-6-11(17(28)21-2)8-14(12)30-5;1-10-22-16-18(29)26(2)14-9-21-20(25-17(14)27(3)19(16)30-10)23-12-5-6-13-11(8-12)4-7-15(28)24-13/h5-6,13-14,33H,7-12H2,1-4H3,(H,25,27,28);8-10H,6-7,11H2,1-5H3,(H,23,25,26);6-9H,1-5H3,(H,21,28)(H,22,24,25);5-6,8-9H,4,7H2,1-3H3,(H,24,28)(H,21,23,25). The lowest BCUT2D eigenvalue weighted by Crippen LogP contribution is -2.47. The lowest BCUT2D eigenvalue weighted by Gasteiger charge is -2.36. The van der Waals surface area contributed by atoms with E-state index in [4.69, 9.17) is 24.2 Å². The maximum absolute atomic E-state index is 13.0. The van der Waals surface area contributed by atoms with Gasteiger partial charge in [0.05, 0.1) is 89.8 Å². The molecule has 43 heteroatoms. The predicted octanol–water partition coefficient (Wildman–Crippen LogP) is 11.7. The van der Waals surface area contributed by atoms with Crippen LogP contribution in [0, 0.1) is 27.7 Å². The van der Waals surface area contributed by atoms with Gasteiger partial charge in [0.1, 0.15) is 60.0 Å². The van der Waals surface area contributed by atoms with Crippen molar-refractivity contribution < 1.29 is 48.1 Å². The molecule has 8 aromatic heterocycles. The van der Waals surface area contributed by atoms with Crippen molar-refractivity contribution in [3.8, 4) is 17.2 Å². The van der Waals surface area contributed by atoms with Crippen LogP contribution in [-0.4, -0.2) is 248 Å². The molecular formula is C86H95N29O10S4. The summed E-state index contributed by atoms with van der Waals surface area (Å²) in [6.07, 6.45) is 8.73. The summed E-state index contributed by atoms with van der Waals surface area (Å²) >= 11 is 5.83. The fourth-order valence-corrected chi connectivity index (χ4v) is 19.1. The number of carbonyl (C=O) groups is 6. The fraction of sp³-hybridized carbons (Fsp3) is 0.326. The number of nitrogens with zero attached hydrogens (tertiary/aromatic N) is 23. The van der Waals surface area contributed by atoms with Crippen molar-refractivity contribution in [1.82, 2.24) is 74.9 Å². The molecule has 15 heterocycles. The van der Waals surface area contributed by atoms with Gasteiger partial charge in [-0.1, -0.05) is 0 Å². The topological polar surface area (TPSA) is 413 Å². The molecule has 129 heavy (non-hydrogen) atoms. The smallest absolute Gasteiger partial charge is 0.279 e. The molecule has 7 aliphatic heterocycles. The zero-order valence-electron chi connectivity index (χ0n) is 74.0. The van der Waals surface area contributed by atoms with Crippen molar-refractivity contribution in [2.45, 2.75) is 53.5 Å². The molecule has 39 nitrogen and oxygen atoms in total. The highest BCUT2D eigenvalue weighted by molar-refractivity contribution is 7.17. The van der Waals surface area contributed by atoms with Crippen LogP contribution in [0.2, 0.25) is 0 Å². The molecule has 1 saturated heterocycles. The van der Waals surface area contributed by atoms with Gasteiger partial charge in [-0.2, -0.15) is 19.9 Å². The molecule has 0 radical (unpaired) electrons. The summed E-state index contributed by atoms with van der Waals surface area (Å²) < 4.78 is 16.7. The number of aryl methyl sites for hydroxylation is 5. The third kappa shape index (κ3) is 17.7. The summed E-state index contributed by atoms with van der Waals surface area (Å²) in [5, 5.41) is 33.9. The number of anilines is 22. The monoisotopic (exact) mass is 1820 g/mol. The summed E-state index contributed by atoms with van der Waals surface area (Å²) in [5.41, 5.74) is 13.1. The quantitative estimate of drug-likeness (QED) is 0.0501. The Labute approximate surface area is 758 Å². The number of aromatic nitrogens is 12. The molecule has 0 saturated carbocycles. The number of carbonyl (C=O) groups excluding carboxylic acids is 6. The number of aliphatic hydroxyl groups excluding tert-OH is 1. The number of β-amino-alcohol motifs (C(OH)–C–C–N with tert-alkyl or cyclic N) is 1. The summed E-state index contributed by atoms with van der Waals surface area (Å²) in [6, 6.07) is 21.0. The lowest BCUT2D eigenvalue weighted by atomic mass is 9.99. The Morgan fingerprint density at radius 1 is 0.434 bits per heavy atom. The Balaban J connectivity index is 0.000000126. The van der Waals surface area contributed by atoms with Gasteiger partial charge in [-0.15, -0.1) is 45.3 Å². The first-order valence-corrected chi connectivity index (χ1v) is 44.3. The van der Waals surface area contributed by atoms with E-state index in [1.54, 1.807) is 97.3 Å². The summed E-state index contributed by atoms with van der Waals surface area (Å²) in [5.74, 6) is 5.02. The number of rotatable bonds is 15. The van der Waals surface area contributed by atoms with Gasteiger partial charge in [0.25, 0.3) is 29.5 Å². The third-order valence-corrected chi connectivity index (χ3v) is 26.8. The second-order valence-electron chi connectivity index (χ2n) is 31.0. The van der Waals surface area contributed by atoms with Crippen LogP contribution in [0.4, 0.5) is 124 Å². The fourth-order valence-electron chi connectivity index (χ4n) is 15.6. The first-order valence-electron chi connectivity index (χ1n) is 41.0. The molecular weight excluding hydrogens is 1730 g/mol. The number of nitrogens with one attached hydrogen (secondary N) is 6. The Hall–Kier alpha value is -14.0. The van der Waals surface area contributed by atoms with Crippen LogP contribution in [-0.2, 0) is 24.2 Å². The van der Waals surface area contributed by atoms with Crippen LogP contribution in [0.3, 0.4) is 0 Å². The molecule has 7 N–H and O–H groups in total. The van der Waals surface area contributed by atoms with Gasteiger partial charge in [0, 0.05) is 144 Å². The van der Waals surface area contributed by atoms with Crippen LogP contribution in [0.1, 0.15) is 95.5 Å². The van der Waals surface area contributed by atoms with E-state index in [1.165, 1.54) is 78.3 Å². The number of aliphatic hydroxyl groups is 1. The number of ether oxygens (including phenoxy) is 3. The molecule has 19 rings (SSSR count). The molecule has 6 amide bonds. The summed E-state index contributed by atoms with van der Waals surface area (Å²) in [4.78, 5) is 150. The second kappa shape index (κ2) is 36.8. The predicted molar refractivity (Wildman–Crippen MR) is 503 cm³/mol. The highest BCUT2D eigenvalue weighted by Gasteiger charge is 2.38. The van der Waals surface area contributed by atoms with Crippen molar-refractivity contribution in [2.24, 2.45) is 0 Å². The average molecular weight is 1820 g/mol. The number of amides is 6. The maximum atomic E-state index is 13.0. The molecule has 4 aromatic carbocycles. The van der Waals surface area contributed by atoms with E-state index >= 15 is 0 Å². The number of thiazole rings is 4. The van der Waals surface area contributed by atoms with Crippen LogP contribution in [0.25, 0.3) is 0 Å². The Morgan fingerprint density at radius 2 is 0.845 bits per heavy atom. The van der Waals surface area contributed by atoms with E-state index in [0.29, 0.717) is 135 Å². The molecule has 0 bridgehead atoms. The van der Waals surface area contributed by atoms with Crippen LogP contribution >= 0.6 is 45.3 Å². The number of likely N-dealkylation sites (N-methyl/N-ethyl adjacent to an activating group) is 1. The first-order chi connectivity index (χ1) is 62.0. The van der Waals surface area contributed by atoms with E-state index in [2.05, 4.69) is 122 Å². The zero-order valence-corrected chi connectivity index (χ0v) is 77.2. The number of fused-ring (bicyclic) bond motifs is 10. The SMILES string of the molecule is CNC(=O)c1ccc(Nc2ncc3c(n2)N(C)c2sc(C)nc2C(=O)N3C)c(OC)c1.COc1cc(N2CCN(CCO)CC2)ccc1Nc1ncc2c(n1)N(C)c1sc(C)nc1C(=O)N2C.COc1cc2c(cc1Nc1ncc3c(n1)N(C)c1sc(C)nc1C(=O)N3C)CN(C)CC2.Cc1nc2c(s1)N(C)c1nc(Nc3ccc4c(c3)CCC(=O)N4)ncc1N(C)C2=O.